The highest BCUT2D eigenvalue weighted by Gasteiger charge is 2.28. The lowest BCUT2D eigenvalue weighted by Gasteiger charge is -2.19. The Morgan fingerprint density at radius 1 is 1.26 bits per heavy atom. The molecule has 0 aliphatic carbocycles. The maximum Gasteiger partial charge on any atom is 0.293 e. The molecule has 1 radical (unpaired) electrons. The van der Waals surface area contributed by atoms with E-state index in [4.69, 9.17) is 9.47 Å². The molecule has 1 heterocycles. The Morgan fingerprint density at radius 3 is 2.70 bits per heavy atom. The Labute approximate surface area is 134 Å². The maximum atomic E-state index is 11.1. The van der Waals surface area contributed by atoms with Gasteiger partial charge in [0, 0.05) is 19.0 Å². The topological polar surface area (TPSA) is 64.8 Å². The van der Waals surface area contributed by atoms with E-state index in [0.29, 0.717) is 12.2 Å². The molecule has 1 atom stereocenters. The summed E-state index contributed by atoms with van der Waals surface area (Å²) >= 11 is 0. The molecular formula is C17H17N2O4. The van der Waals surface area contributed by atoms with Crippen LogP contribution in [0.15, 0.2) is 42.5 Å². The molecule has 23 heavy (non-hydrogen) atoms. The number of ether oxygens (including phenoxy) is 2. The lowest BCUT2D eigenvalue weighted by atomic mass is 10.2. The van der Waals surface area contributed by atoms with E-state index in [9.17, 15) is 10.1 Å². The van der Waals surface area contributed by atoms with E-state index >= 15 is 0 Å². The largest absolute Gasteiger partial charge is 0.497 e. The number of methoxy groups -OCH3 is 1. The molecule has 0 N–H and O–H groups in total. The standard InChI is InChI=1S/C17H17N2O4/c1-22-13-6-8-14(9-7-13)23-15-10-11-18(12-15)16-4-2-3-5-17(16)19(20)21/h2,4-9,15H,10-12H2,1H3/t15-/m1/s1. The van der Waals surface area contributed by atoms with Crippen LogP contribution >= 0.6 is 0 Å². The van der Waals surface area contributed by atoms with Gasteiger partial charge < -0.3 is 14.4 Å². The molecule has 1 aliphatic heterocycles. The van der Waals surface area contributed by atoms with Crippen molar-refractivity contribution in [3.05, 3.63) is 58.6 Å². The summed E-state index contributed by atoms with van der Waals surface area (Å²) in [5.74, 6) is 1.55. The molecule has 6 heteroatoms. The van der Waals surface area contributed by atoms with Crippen molar-refractivity contribution < 1.29 is 14.4 Å². The minimum Gasteiger partial charge on any atom is -0.497 e. The number of benzene rings is 2. The van der Waals surface area contributed by atoms with Gasteiger partial charge in [-0.15, -0.1) is 0 Å². The van der Waals surface area contributed by atoms with Gasteiger partial charge in [-0.1, -0.05) is 6.07 Å². The van der Waals surface area contributed by atoms with E-state index < -0.39 is 0 Å². The first-order valence-electron chi connectivity index (χ1n) is 7.37. The molecule has 0 unspecified atom stereocenters. The van der Waals surface area contributed by atoms with E-state index in [1.807, 2.05) is 29.2 Å². The molecule has 0 bridgehead atoms. The molecule has 0 spiro atoms. The second-order valence-electron chi connectivity index (χ2n) is 5.32. The molecule has 3 rings (SSSR count). The number of hydrogen-bond donors (Lipinski definition) is 0. The number of nitro groups is 1. The smallest absolute Gasteiger partial charge is 0.293 e. The fraction of sp³-hybridized carbons (Fsp3) is 0.294. The second kappa shape index (κ2) is 6.56. The van der Waals surface area contributed by atoms with Crippen LogP contribution in [-0.4, -0.2) is 31.2 Å². The lowest BCUT2D eigenvalue weighted by molar-refractivity contribution is -0.384. The quantitative estimate of drug-likeness (QED) is 0.627. The highest BCUT2D eigenvalue weighted by atomic mass is 16.6. The normalized spacial score (nSPS) is 17.1. The first-order chi connectivity index (χ1) is 11.2. The van der Waals surface area contributed by atoms with Gasteiger partial charge in [0.2, 0.25) is 0 Å². The van der Waals surface area contributed by atoms with Gasteiger partial charge in [0.25, 0.3) is 5.69 Å². The fourth-order valence-corrected chi connectivity index (χ4v) is 2.72. The molecule has 1 aliphatic rings. The third kappa shape index (κ3) is 3.36. The number of hydrogen-bond acceptors (Lipinski definition) is 5. The number of rotatable bonds is 5. The Balaban J connectivity index is 1.67. The van der Waals surface area contributed by atoms with E-state index in [1.165, 1.54) is 6.07 Å². The average molecular weight is 313 g/mol. The summed E-state index contributed by atoms with van der Waals surface area (Å²) in [5, 5.41) is 11.1. The summed E-state index contributed by atoms with van der Waals surface area (Å²) in [7, 11) is 1.62. The Hall–Kier alpha value is -2.76. The molecule has 2 aromatic rings. The van der Waals surface area contributed by atoms with Gasteiger partial charge in [-0.05, 0) is 36.4 Å². The van der Waals surface area contributed by atoms with Crippen LogP contribution in [0.2, 0.25) is 0 Å². The van der Waals surface area contributed by atoms with Crippen molar-refractivity contribution in [2.24, 2.45) is 0 Å². The third-order valence-electron chi connectivity index (χ3n) is 3.86. The van der Waals surface area contributed by atoms with Gasteiger partial charge in [0.15, 0.2) is 0 Å². The summed E-state index contributed by atoms with van der Waals surface area (Å²) in [6.45, 7) is 1.35. The minimum absolute atomic E-state index is 0.00665. The molecule has 0 amide bonds. The summed E-state index contributed by atoms with van der Waals surface area (Å²) in [6, 6.07) is 15.0. The van der Waals surface area contributed by atoms with Crippen molar-refractivity contribution >= 4 is 11.4 Å². The monoisotopic (exact) mass is 313 g/mol. The van der Waals surface area contributed by atoms with E-state index in [1.54, 1.807) is 19.2 Å². The van der Waals surface area contributed by atoms with Gasteiger partial charge in [-0.2, -0.15) is 0 Å². The fourth-order valence-electron chi connectivity index (χ4n) is 2.72. The molecule has 1 fully saturated rings. The first kappa shape index (κ1) is 15.1. The highest BCUT2D eigenvalue weighted by molar-refractivity contribution is 5.63. The van der Waals surface area contributed by atoms with Gasteiger partial charge in [0.05, 0.1) is 18.6 Å². The van der Waals surface area contributed by atoms with Crippen molar-refractivity contribution in [3.63, 3.8) is 0 Å². The predicted octanol–water partition coefficient (Wildman–Crippen LogP) is 3.06. The van der Waals surface area contributed by atoms with Crippen LogP contribution in [0.25, 0.3) is 0 Å². The zero-order chi connectivity index (χ0) is 16.2. The Kier molecular flexibility index (Phi) is 4.32. The van der Waals surface area contributed by atoms with Crippen LogP contribution in [0.4, 0.5) is 11.4 Å². The Bertz CT molecular complexity index is 687. The van der Waals surface area contributed by atoms with Crippen molar-refractivity contribution in [1.82, 2.24) is 0 Å². The minimum atomic E-state index is -0.372. The maximum absolute atomic E-state index is 11.1. The molecule has 2 aromatic carbocycles. The van der Waals surface area contributed by atoms with Crippen LogP contribution in [0.3, 0.4) is 0 Å². The zero-order valence-electron chi connectivity index (χ0n) is 12.8. The summed E-state index contributed by atoms with van der Waals surface area (Å²) < 4.78 is 11.1. The van der Waals surface area contributed by atoms with Gasteiger partial charge >= 0.3 is 0 Å². The van der Waals surface area contributed by atoms with E-state index in [-0.39, 0.29) is 16.7 Å². The summed E-state index contributed by atoms with van der Waals surface area (Å²) in [5.41, 5.74) is 0.701. The van der Waals surface area contributed by atoms with Crippen LogP contribution in [-0.2, 0) is 0 Å². The molecular weight excluding hydrogens is 296 g/mol. The van der Waals surface area contributed by atoms with Gasteiger partial charge in [-0.25, -0.2) is 0 Å². The summed E-state index contributed by atoms with van der Waals surface area (Å²) in [4.78, 5) is 12.7. The lowest BCUT2D eigenvalue weighted by Crippen LogP contribution is -2.25. The third-order valence-corrected chi connectivity index (χ3v) is 3.86. The van der Waals surface area contributed by atoms with Crippen molar-refractivity contribution in [2.45, 2.75) is 12.5 Å². The SMILES string of the molecule is COc1ccc(O[C@@H]2CCN(c3cc[c]cc3[N+](=O)[O-])C2)cc1. The molecule has 119 valence electrons. The van der Waals surface area contributed by atoms with Crippen LogP contribution < -0.4 is 14.4 Å². The van der Waals surface area contributed by atoms with Crippen LogP contribution in [0, 0.1) is 16.2 Å². The van der Waals surface area contributed by atoms with E-state index in [2.05, 4.69) is 6.07 Å². The first-order valence-corrected chi connectivity index (χ1v) is 7.37. The zero-order valence-corrected chi connectivity index (χ0v) is 12.8. The van der Waals surface area contributed by atoms with Gasteiger partial charge in [0.1, 0.15) is 23.3 Å². The van der Waals surface area contributed by atoms with Crippen LogP contribution in [0.1, 0.15) is 6.42 Å². The highest BCUT2D eigenvalue weighted by Crippen LogP contribution is 2.31. The molecule has 0 saturated carbocycles. The van der Waals surface area contributed by atoms with Crippen molar-refractivity contribution in [2.75, 3.05) is 25.1 Å². The molecule has 1 saturated heterocycles. The molecule has 6 nitrogen and oxygen atoms in total. The number of anilines is 1. The predicted molar refractivity (Wildman–Crippen MR) is 86.2 cm³/mol. The second-order valence-corrected chi connectivity index (χ2v) is 5.32. The number of nitrogens with zero attached hydrogens (tertiary/aromatic N) is 2. The van der Waals surface area contributed by atoms with Crippen molar-refractivity contribution in [1.29, 1.82) is 0 Å². The van der Waals surface area contributed by atoms with Gasteiger partial charge in [-0.3, -0.25) is 10.1 Å². The van der Waals surface area contributed by atoms with Crippen molar-refractivity contribution in [3.8, 4) is 11.5 Å². The summed E-state index contributed by atoms with van der Waals surface area (Å²) in [6.07, 6.45) is 0.828. The average Bonchev–Trinajstić information content (AvgIpc) is 3.04. The molecule has 0 aromatic heterocycles. The number of nitro benzene ring substituents is 1. The van der Waals surface area contributed by atoms with E-state index in [0.717, 1.165) is 24.5 Å². The Morgan fingerprint density at radius 2 is 2.00 bits per heavy atom. The van der Waals surface area contributed by atoms with Crippen LogP contribution in [0.5, 0.6) is 11.5 Å².